The molecular formula is C25H19Cl2Ti. The molecule has 0 N–H and O–H groups in total. The molecule has 2 aliphatic rings. The molecule has 0 nitrogen and oxygen atoms in total. The zero-order valence-electron chi connectivity index (χ0n) is 15.8. The van der Waals surface area contributed by atoms with Crippen LogP contribution in [-0.4, -0.2) is 0 Å². The van der Waals surface area contributed by atoms with Crippen molar-refractivity contribution in [1.29, 1.82) is 0 Å². The zero-order valence-corrected chi connectivity index (χ0v) is 18.8. The van der Waals surface area contributed by atoms with Gasteiger partial charge in [0.05, 0.1) is 0 Å². The van der Waals surface area contributed by atoms with E-state index in [2.05, 4.69) is 92.7 Å². The second-order valence-corrected chi connectivity index (χ2v) is 7.09. The molecule has 1 atom stereocenters. The Morgan fingerprint density at radius 3 is 2.32 bits per heavy atom. The maximum atomic E-state index is 3.70. The van der Waals surface area contributed by atoms with E-state index in [1.165, 1.54) is 48.7 Å². The third kappa shape index (κ3) is 3.44. The third-order valence-electron chi connectivity index (χ3n) is 5.37. The Bertz CT molecular complexity index is 1270. The van der Waals surface area contributed by atoms with Gasteiger partial charge in [-0.2, -0.15) is 0 Å². The summed E-state index contributed by atoms with van der Waals surface area (Å²) in [6.45, 7) is 4.41. The van der Waals surface area contributed by atoms with E-state index in [0.717, 1.165) is 0 Å². The van der Waals surface area contributed by atoms with Gasteiger partial charge in [0, 0.05) is 5.92 Å². The fraction of sp³-hybridized carbons (Fsp3) is 0.120. The smallest absolute Gasteiger partial charge is 1.00 e. The van der Waals surface area contributed by atoms with Crippen molar-refractivity contribution in [3.63, 3.8) is 0 Å². The molecular weight excluding hydrogens is 419 g/mol. The van der Waals surface area contributed by atoms with Crippen molar-refractivity contribution in [3.8, 4) is 0 Å². The molecule has 0 aliphatic heterocycles. The van der Waals surface area contributed by atoms with Gasteiger partial charge in [0.1, 0.15) is 0 Å². The standard InChI is InChI=1S/C25H19.2ClH.Ti/c1-16(2)19-13-14-22-21-10-6-4-8-18(21)15-24(22)25(19)23-12-11-17-7-3-5-9-20(17)23;;;/h3-14,23H,1-2H3;2*1H;/q-1;;;+3/p-2. The van der Waals surface area contributed by atoms with E-state index in [9.17, 15) is 0 Å². The molecule has 3 aromatic carbocycles. The summed E-state index contributed by atoms with van der Waals surface area (Å²) >= 11 is 0. The fourth-order valence-corrected chi connectivity index (χ4v) is 4.20. The topological polar surface area (TPSA) is 0 Å². The van der Waals surface area contributed by atoms with Gasteiger partial charge in [0.2, 0.25) is 0 Å². The van der Waals surface area contributed by atoms with Gasteiger partial charge in [-0.1, -0.05) is 83.1 Å². The number of rotatable bonds is 1. The molecule has 0 bridgehead atoms. The summed E-state index contributed by atoms with van der Waals surface area (Å²) in [5.74, 6) is 0.304. The molecule has 0 fully saturated rings. The van der Waals surface area contributed by atoms with E-state index >= 15 is 0 Å². The van der Waals surface area contributed by atoms with Gasteiger partial charge in [-0.15, -0.1) is 33.4 Å². The summed E-state index contributed by atoms with van der Waals surface area (Å²) in [6.07, 6.45) is 8.31. The predicted octanol–water partition coefficient (Wildman–Crippen LogP) is -1.65. The van der Waals surface area contributed by atoms with Crippen LogP contribution >= 0.6 is 0 Å². The minimum atomic E-state index is 0. The van der Waals surface area contributed by atoms with Gasteiger partial charge >= 0.3 is 21.7 Å². The molecule has 5 rings (SSSR count). The van der Waals surface area contributed by atoms with E-state index in [1.807, 2.05) is 0 Å². The van der Waals surface area contributed by atoms with Crippen molar-refractivity contribution in [2.45, 2.75) is 19.8 Å². The molecule has 2 aliphatic carbocycles. The molecule has 1 unspecified atom stereocenters. The van der Waals surface area contributed by atoms with E-state index in [1.54, 1.807) is 0 Å². The van der Waals surface area contributed by atoms with Crippen LogP contribution in [0.15, 0.2) is 66.7 Å². The predicted molar refractivity (Wildman–Crippen MR) is 104 cm³/mol. The van der Waals surface area contributed by atoms with Gasteiger partial charge in [0.15, 0.2) is 0 Å². The van der Waals surface area contributed by atoms with Crippen LogP contribution in [0.2, 0.25) is 0 Å². The quantitative estimate of drug-likeness (QED) is 0.247. The molecule has 0 aromatic heterocycles. The third-order valence-corrected chi connectivity index (χ3v) is 5.37. The van der Waals surface area contributed by atoms with Crippen molar-refractivity contribution in [2.75, 3.05) is 0 Å². The normalized spacial score (nSPS) is 14.4. The molecule has 3 aromatic rings. The van der Waals surface area contributed by atoms with Crippen LogP contribution in [0.3, 0.4) is 0 Å². The molecule has 0 saturated carbocycles. The number of hydrogen-bond donors (Lipinski definition) is 0. The summed E-state index contributed by atoms with van der Waals surface area (Å²) in [7, 11) is 0. The Balaban J connectivity index is 0.000000934. The zero-order chi connectivity index (χ0) is 17.0. The van der Waals surface area contributed by atoms with Gasteiger partial charge in [-0.05, 0) is 25.0 Å². The maximum absolute atomic E-state index is 3.70. The van der Waals surface area contributed by atoms with Crippen LogP contribution in [-0.2, 0) is 21.7 Å². The van der Waals surface area contributed by atoms with Gasteiger partial charge in [-0.25, -0.2) is 0 Å². The first-order valence-corrected chi connectivity index (χ1v) is 8.85. The molecule has 0 amide bonds. The van der Waals surface area contributed by atoms with Crippen LogP contribution in [0.25, 0.3) is 17.7 Å². The van der Waals surface area contributed by atoms with E-state index < -0.39 is 0 Å². The molecule has 137 valence electrons. The summed E-state index contributed by atoms with van der Waals surface area (Å²) in [6, 6.07) is 21.9. The fourth-order valence-electron chi connectivity index (χ4n) is 4.20. The maximum Gasteiger partial charge on any atom is 3.00 e. The average Bonchev–Trinajstić information content (AvgIpc) is 3.22. The van der Waals surface area contributed by atoms with Gasteiger partial charge in [-0.3, -0.25) is 0 Å². The molecule has 0 spiro atoms. The van der Waals surface area contributed by atoms with Crippen LogP contribution < -0.4 is 35.3 Å². The molecule has 3 heteroatoms. The van der Waals surface area contributed by atoms with Crippen molar-refractivity contribution in [3.05, 3.63) is 110 Å². The first-order chi connectivity index (χ1) is 12.2. The van der Waals surface area contributed by atoms with Crippen molar-refractivity contribution < 1.29 is 46.5 Å². The first-order valence-electron chi connectivity index (χ1n) is 8.85. The Labute approximate surface area is 193 Å². The Morgan fingerprint density at radius 2 is 1.54 bits per heavy atom. The minimum absolute atomic E-state index is 0. The number of allylic oxidation sites excluding steroid dienone is 1. The van der Waals surface area contributed by atoms with E-state index in [4.69, 9.17) is 0 Å². The summed E-state index contributed by atoms with van der Waals surface area (Å²) in [5.41, 5.74) is 6.76. The Kier molecular flexibility index (Phi) is 7.18. The number of hydrogen-bond acceptors (Lipinski definition) is 0. The molecule has 28 heavy (non-hydrogen) atoms. The van der Waals surface area contributed by atoms with E-state index in [-0.39, 0.29) is 46.5 Å². The molecule has 0 saturated heterocycles. The van der Waals surface area contributed by atoms with Crippen molar-refractivity contribution >= 4 is 17.7 Å². The van der Waals surface area contributed by atoms with Gasteiger partial charge in [0.25, 0.3) is 0 Å². The average molecular weight is 438 g/mol. The summed E-state index contributed by atoms with van der Waals surface area (Å²) in [4.78, 5) is 0. The Hall–Kier alpha value is -1.57. The van der Waals surface area contributed by atoms with Crippen molar-refractivity contribution in [2.24, 2.45) is 0 Å². The Morgan fingerprint density at radius 1 is 0.821 bits per heavy atom. The number of benzene rings is 3. The van der Waals surface area contributed by atoms with Crippen molar-refractivity contribution in [1.82, 2.24) is 0 Å². The first kappa shape index (κ1) is 22.7. The summed E-state index contributed by atoms with van der Waals surface area (Å²) < 4.78 is 0. The van der Waals surface area contributed by atoms with Gasteiger partial charge < -0.3 is 24.8 Å². The van der Waals surface area contributed by atoms with Crippen LogP contribution in [0, 0.1) is 10.4 Å². The SMILES string of the molecule is CC(C)=c1ccc2c(c1C1C=Cc3ccccc31)[C-]=c1ccccc1=2.[Cl-].[Cl-].[Ti+3]. The van der Waals surface area contributed by atoms with E-state index in [0.29, 0.717) is 5.92 Å². The van der Waals surface area contributed by atoms with Crippen LogP contribution in [0.1, 0.15) is 42.0 Å². The largest absolute Gasteiger partial charge is 3.00 e. The summed E-state index contributed by atoms with van der Waals surface area (Å²) in [5, 5.41) is 5.17. The molecule has 1 radical (unpaired) electrons. The monoisotopic (exact) mass is 437 g/mol. The second kappa shape index (κ2) is 8.85. The minimum Gasteiger partial charge on any atom is -1.00 e. The molecule has 0 heterocycles. The van der Waals surface area contributed by atoms with Crippen LogP contribution in [0.5, 0.6) is 0 Å². The number of fused-ring (bicyclic) bond motifs is 3. The second-order valence-electron chi connectivity index (χ2n) is 7.09. The number of halogens is 2. The van der Waals surface area contributed by atoms with Crippen LogP contribution in [0.4, 0.5) is 0 Å².